The third-order valence-electron chi connectivity index (χ3n) is 2.64. The minimum atomic E-state index is -0.690. The molecule has 0 saturated heterocycles. The molecule has 0 fully saturated rings. The van der Waals surface area contributed by atoms with E-state index in [4.69, 9.17) is 5.73 Å². The quantitative estimate of drug-likeness (QED) is 0.846. The molecule has 18 heavy (non-hydrogen) atoms. The number of hydrogen-bond donors (Lipinski definition) is 1. The van der Waals surface area contributed by atoms with E-state index in [1.165, 1.54) is 16.8 Å². The van der Waals surface area contributed by atoms with Crippen LogP contribution < -0.4 is 5.73 Å². The van der Waals surface area contributed by atoms with Gasteiger partial charge in [-0.25, -0.2) is 13.5 Å². The Labute approximate surface area is 104 Å². The summed E-state index contributed by atoms with van der Waals surface area (Å²) in [5.74, 6) is -0.992. The first-order chi connectivity index (χ1) is 8.29. The molecule has 96 valence electrons. The van der Waals surface area contributed by atoms with E-state index < -0.39 is 11.6 Å². The zero-order chi connectivity index (χ0) is 13.5. The van der Waals surface area contributed by atoms with Gasteiger partial charge < -0.3 is 5.73 Å². The Morgan fingerprint density at radius 1 is 1.17 bits per heavy atom. The highest BCUT2D eigenvalue weighted by molar-refractivity contribution is 5.44. The van der Waals surface area contributed by atoms with Crippen LogP contribution in [0, 0.1) is 11.6 Å². The number of nitrogens with two attached hydrogens (primary N) is 1. The molecule has 0 spiro atoms. The van der Waals surface area contributed by atoms with Crippen LogP contribution in [-0.2, 0) is 5.41 Å². The van der Waals surface area contributed by atoms with Gasteiger partial charge in [0.2, 0.25) is 0 Å². The lowest BCUT2D eigenvalue weighted by molar-refractivity contribution is 0.551. The van der Waals surface area contributed by atoms with Crippen molar-refractivity contribution in [3.63, 3.8) is 0 Å². The van der Waals surface area contributed by atoms with Crippen LogP contribution >= 0.6 is 0 Å². The van der Waals surface area contributed by atoms with E-state index in [0.717, 1.165) is 11.8 Å². The minimum absolute atomic E-state index is 0.143. The second-order valence-electron chi connectivity index (χ2n) is 5.21. The monoisotopic (exact) mass is 251 g/mol. The van der Waals surface area contributed by atoms with E-state index in [0.29, 0.717) is 5.82 Å². The summed E-state index contributed by atoms with van der Waals surface area (Å²) in [5.41, 5.74) is 6.53. The molecule has 0 saturated carbocycles. The Hall–Kier alpha value is -1.91. The average molecular weight is 251 g/mol. The molecule has 0 atom stereocenters. The predicted octanol–water partition coefficient (Wildman–Crippen LogP) is 3.03. The second kappa shape index (κ2) is 4.08. The zero-order valence-corrected chi connectivity index (χ0v) is 10.5. The van der Waals surface area contributed by atoms with Gasteiger partial charge in [-0.1, -0.05) is 20.8 Å². The molecule has 2 aromatic rings. The van der Waals surface area contributed by atoms with Crippen molar-refractivity contribution < 1.29 is 8.78 Å². The van der Waals surface area contributed by atoms with Crippen molar-refractivity contribution in [3.8, 4) is 5.69 Å². The molecule has 1 heterocycles. The van der Waals surface area contributed by atoms with Crippen LogP contribution in [0.2, 0.25) is 0 Å². The number of benzene rings is 1. The third kappa shape index (κ3) is 2.20. The number of hydrogen-bond acceptors (Lipinski definition) is 2. The molecule has 1 aromatic carbocycles. The molecule has 2 rings (SSSR count). The van der Waals surface area contributed by atoms with Crippen LogP contribution in [0.25, 0.3) is 5.69 Å². The van der Waals surface area contributed by atoms with Gasteiger partial charge in [0.05, 0.1) is 5.69 Å². The Morgan fingerprint density at radius 3 is 2.33 bits per heavy atom. The summed E-state index contributed by atoms with van der Waals surface area (Å²) in [6.45, 7) is 5.96. The average Bonchev–Trinajstić information content (AvgIpc) is 2.60. The van der Waals surface area contributed by atoms with E-state index in [1.807, 2.05) is 20.8 Å². The van der Waals surface area contributed by atoms with Crippen molar-refractivity contribution >= 4 is 5.82 Å². The Morgan fingerprint density at radius 2 is 1.83 bits per heavy atom. The van der Waals surface area contributed by atoms with Gasteiger partial charge in [-0.2, -0.15) is 5.10 Å². The van der Waals surface area contributed by atoms with Crippen molar-refractivity contribution in [2.45, 2.75) is 26.2 Å². The standard InChI is InChI=1S/C13H15F2N3/c1-13(2,3)11-7-12(16)18(17-11)10-5-4-8(14)6-9(10)15/h4-7H,16H2,1-3H3. The van der Waals surface area contributed by atoms with Crippen molar-refractivity contribution in [2.24, 2.45) is 0 Å². The van der Waals surface area contributed by atoms with Crippen LogP contribution in [0.15, 0.2) is 24.3 Å². The van der Waals surface area contributed by atoms with Gasteiger partial charge in [0.1, 0.15) is 17.3 Å². The maximum atomic E-state index is 13.7. The van der Waals surface area contributed by atoms with Gasteiger partial charge in [0, 0.05) is 17.5 Å². The molecule has 0 aliphatic rings. The van der Waals surface area contributed by atoms with Gasteiger partial charge in [0.15, 0.2) is 5.82 Å². The summed E-state index contributed by atoms with van der Waals surface area (Å²) in [7, 11) is 0. The summed E-state index contributed by atoms with van der Waals surface area (Å²) >= 11 is 0. The van der Waals surface area contributed by atoms with Crippen molar-refractivity contribution in [1.82, 2.24) is 9.78 Å². The summed E-state index contributed by atoms with van der Waals surface area (Å²) in [4.78, 5) is 0. The Bertz CT molecular complexity index is 582. The van der Waals surface area contributed by atoms with Crippen molar-refractivity contribution in [3.05, 3.63) is 41.6 Å². The maximum absolute atomic E-state index is 13.7. The molecule has 0 radical (unpaired) electrons. The number of nitrogen functional groups attached to an aromatic ring is 1. The Kier molecular flexibility index (Phi) is 2.84. The first kappa shape index (κ1) is 12.5. The first-order valence-electron chi connectivity index (χ1n) is 5.60. The van der Waals surface area contributed by atoms with Gasteiger partial charge in [-0.15, -0.1) is 0 Å². The molecule has 3 nitrogen and oxygen atoms in total. The summed E-state index contributed by atoms with van der Waals surface area (Å²) in [6, 6.07) is 5.01. The highest BCUT2D eigenvalue weighted by Crippen LogP contribution is 2.25. The third-order valence-corrected chi connectivity index (χ3v) is 2.64. The fourth-order valence-electron chi connectivity index (χ4n) is 1.61. The highest BCUT2D eigenvalue weighted by atomic mass is 19.1. The number of anilines is 1. The molecular formula is C13H15F2N3. The molecule has 2 N–H and O–H groups in total. The molecule has 0 bridgehead atoms. The number of halogens is 2. The molecule has 0 amide bonds. The lowest BCUT2D eigenvalue weighted by Crippen LogP contribution is -2.13. The molecule has 0 aliphatic carbocycles. The maximum Gasteiger partial charge on any atom is 0.151 e. The first-order valence-corrected chi connectivity index (χ1v) is 5.60. The van der Waals surface area contributed by atoms with Gasteiger partial charge in [0.25, 0.3) is 0 Å². The topological polar surface area (TPSA) is 43.8 Å². The number of rotatable bonds is 1. The normalized spacial score (nSPS) is 11.8. The lowest BCUT2D eigenvalue weighted by Gasteiger charge is -2.14. The predicted molar refractivity (Wildman–Crippen MR) is 66.6 cm³/mol. The SMILES string of the molecule is CC(C)(C)c1cc(N)n(-c2ccc(F)cc2F)n1. The number of nitrogens with zero attached hydrogens (tertiary/aromatic N) is 2. The molecule has 5 heteroatoms. The smallest absolute Gasteiger partial charge is 0.151 e. The minimum Gasteiger partial charge on any atom is -0.384 e. The zero-order valence-electron chi connectivity index (χ0n) is 10.5. The second-order valence-corrected chi connectivity index (χ2v) is 5.21. The van der Waals surface area contributed by atoms with Crippen LogP contribution in [0.3, 0.4) is 0 Å². The highest BCUT2D eigenvalue weighted by Gasteiger charge is 2.20. The summed E-state index contributed by atoms with van der Waals surface area (Å²) in [6.07, 6.45) is 0. The van der Waals surface area contributed by atoms with E-state index in [1.54, 1.807) is 6.07 Å². The lowest BCUT2D eigenvalue weighted by atomic mass is 9.92. The molecule has 1 aromatic heterocycles. The van der Waals surface area contributed by atoms with Crippen molar-refractivity contribution in [1.29, 1.82) is 0 Å². The largest absolute Gasteiger partial charge is 0.384 e. The van der Waals surface area contributed by atoms with Crippen LogP contribution in [0.5, 0.6) is 0 Å². The van der Waals surface area contributed by atoms with Gasteiger partial charge in [-0.05, 0) is 12.1 Å². The fourth-order valence-corrected chi connectivity index (χ4v) is 1.61. The van der Waals surface area contributed by atoms with Crippen LogP contribution in [0.4, 0.5) is 14.6 Å². The molecule has 0 aliphatic heterocycles. The summed E-state index contributed by atoms with van der Waals surface area (Å²) in [5, 5.41) is 4.27. The van der Waals surface area contributed by atoms with E-state index in [2.05, 4.69) is 5.10 Å². The Balaban J connectivity index is 2.55. The van der Waals surface area contributed by atoms with Gasteiger partial charge >= 0.3 is 0 Å². The van der Waals surface area contributed by atoms with Crippen molar-refractivity contribution in [2.75, 3.05) is 5.73 Å². The van der Waals surface area contributed by atoms with Crippen LogP contribution in [0.1, 0.15) is 26.5 Å². The molecule has 0 unspecified atom stereocenters. The fraction of sp³-hybridized carbons (Fsp3) is 0.308. The van der Waals surface area contributed by atoms with E-state index >= 15 is 0 Å². The molecular weight excluding hydrogens is 236 g/mol. The number of aromatic nitrogens is 2. The summed E-state index contributed by atoms with van der Waals surface area (Å²) < 4.78 is 27.8. The van der Waals surface area contributed by atoms with Gasteiger partial charge in [-0.3, -0.25) is 0 Å². The van der Waals surface area contributed by atoms with E-state index in [9.17, 15) is 8.78 Å². The van der Waals surface area contributed by atoms with Crippen LogP contribution in [-0.4, -0.2) is 9.78 Å². The van der Waals surface area contributed by atoms with E-state index in [-0.39, 0.29) is 11.1 Å².